The number of Topliss-reactive ketones (excluding diaryl/α,β-unsaturated/α-hetero) is 1. The zero-order valence-electron chi connectivity index (χ0n) is 9.99. The van der Waals surface area contributed by atoms with Crippen molar-refractivity contribution in [1.29, 1.82) is 0 Å². The van der Waals surface area contributed by atoms with E-state index < -0.39 is 0 Å². The lowest BCUT2D eigenvalue weighted by Crippen LogP contribution is -2.27. The van der Waals surface area contributed by atoms with Crippen LogP contribution in [-0.2, 0) is 11.2 Å². The molecule has 2 unspecified atom stereocenters. The van der Waals surface area contributed by atoms with Gasteiger partial charge in [0, 0.05) is 18.9 Å². The van der Waals surface area contributed by atoms with Gasteiger partial charge in [-0.1, -0.05) is 31.2 Å². The molecule has 0 saturated heterocycles. The van der Waals surface area contributed by atoms with E-state index in [2.05, 4.69) is 29.6 Å². The summed E-state index contributed by atoms with van der Waals surface area (Å²) in [5, 5.41) is 3.06. The second-order valence-corrected chi connectivity index (χ2v) is 4.73. The highest BCUT2D eigenvalue weighted by Gasteiger charge is 2.28. The van der Waals surface area contributed by atoms with Crippen molar-refractivity contribution in [1.82, 2.24) is 5.32 Å². The third-order valence-corrected chi connectivity index (χ3v) is 3.47. The molecule has 16 heavy (non-hydrogen) atoms. The van der Waals surface area contributed by atoms with Gasteiger partial charge in [-0.3, -0.25) is 4.79 Å². The first-order valence-electron chi connectivity index (χ1n) is 5.97. The Morgan fingerprint density at radius 2 is 2.25 bits per heavy atom. The van der Waals surface area contributed by atoms with E-state index in [0.29, 0.717) is 18.1 Å². The van der Waals surface area contributed by atoms with Crippen molar-refractivity contribution in [2.75, 3.05) is 13.6 Å². The van der Waals surface area contributed by atoms with E-state index in [1.165, 1.54) is 11.1 Å². The van der Waals surface area contributed by atoms with Crippen LogP contribution in [0.15, 0.2) is 24.3 Å². The number of nitrogens with one attached hydrogen (secondary N) is 1. The molecule has 0 spiro atoms. The molecule has 0 radical (unpaired) electrons. The SMILES string of the molecule is CNCC(C)C(=O)CC1Cc2ccccc21. The van der Waals surface area contributed by atoms with Crippen molar-refractivity contribution in [3.05, 3.63) is 35.4 Å². The maximum Gasteiger partial charge on any atom is 0.137 e. The van der Waals surface area contributed by atoms with Crippen LogP contribution in [0.2, 0.25) is 0 Å². The second kappa shape index (κ2) is 4.79. The Kier molecular flexibility index (Phi) is 3.39. The van der Waals surface area contributed by atoms with Gasteiger partial charge in [-0.2, -0.15) is 0 Å². The van der Waals surface area contributed by atoms with Gasteiger partial charge in [-0.25, -0.2) is 0 Å². The first-order chi connectivity index (χ1) is 7.72. The van der Waals surface area contributed by atoms with Crippen molar-refractivity contribution >= 4 is 5.78 Å². The lowest BCUT2D eigenvalue weighted by atomic mass is 9.74. The Labute approximate surface area is 97.1 Å². The number of benzene rings is 1. The molecule has 1 N–H and O–H groups in total. The summed E-state index contributed by atoms with van der Waals surface area (Å²) in [6.45, 7) is 2.79. The van der Waals surface area contributed by atoms with E-state index >= 15 is 0 Å². The molecule has 2 atom stereocenters. The predicted molar refractivity (Wildman–Crippen MR) is 65.6 cm³/mol. The third kappa shape index (κ3) is 2.17. The Hall–Kier alpha value is -1.15. The fourth-order valence-corrected chi connectivity index (χ4v) is 2.41. The highest BCUT2D eigenvalue weighted by atomic mass is 16.1. The van der Waals surface area contributed by atoms with E-state index in [1.54, 1.807) is 0 Å². The first kappa shape index (κ1) is 11.3. The first-order valence-corrected chi connectivity index (χ1v) is 5.97. The lowest BCUT2D eigenvalue weighted by molar-refractivity contribution is -0.122. The molecule has 0 saturated carbocycles. The number of rotatable bonds is 5. The molecule has 1 aliphatic rings. The van der Waals surface area contributed by atoms with E-state index in [0.717, 1.165) is 13.0 Å². The highest BCUT2D eigenvalue weighted by molar-refractivity contribution is 5.82. The summed E-state index contributed by atoms with van der Waals surface area (Å²) < 4.78 is 0. The number of carbonyl (C=O) groups excluding carboxylic acids is 1. The molecule has 0 aliphatic heterocycles. The quantitative estimate of drug-likeness (QED) is 0.818. The Morgan fingerprint density at radius 3 is 2.94 bits per heavy atom. The number of fused-ring (bicyclic) bond motifs is 1. The smallest absolute Gasteiger partial charge is 0.137 e. The second-order valence-electron chi connectivity index (χ2n) is 4.73. The minimum absolute atomic E-state index is 0.137. The summed E-state index contributed by atoms with van der Waals surface area (Å²) in [7, 11) is 1.89. The van der Waals surface area contributed by atoms with Crippen LogP contribution in [-0.4, -0.2) is 19.4 Å². The zero-order chi connectivity index (χ0) is 11.5. The van der Waals surface area contributed by atoms with Gasteiger partial charge in [-0.15, -0.1) is 0 Å². The molecule has 2 rings (SSSR count). The number of hydrogen-bond acceptors (Lipinski definition) is 2. The number of hydrogen-bond donors (Lipinski definition) is 1. The van der Waals surface area contributed by atoms with Gasteiger partial charge in [0.05, 0.1) is 0 Å². The summed E-state index contributed by atoms with van der Waals surface area (Å²) in [4.78, 5) is 11.9. The molecule has 0 aromatic heterocycles. The monoisotopic (exact) mass is 217 g/mol. The van der Waals surface area contributed by atoms with Crippen LogP contribution in [0.3, 0.4) is 0 Å². The molecule has 1 aliphatic carbocycles. The molecule has 0 fully saturated rings. The predicted octanol–water partition coefficient (Wildman–Crippen LogP) is 2.14. The van der Waals surface area contributed by atoms with Gasteiger partial charge < -0.3 is 5.32 Å². The van der Waals surface area contributed by atoms with Gasteiger partial charge in [-0.05, 0) is 30.5 Å². The molecule has 0 amide bonds. The molecule has 1 aromatic carbocycles. The van der Waals surface area contributed by atoms with Crippen LogP contribution in [0.5, 0.6) is 0 Å². The van der Waals surface area contributed by atoms with Crippen molar-refractivity contribution in [3.63, 3.8) is 0 Å². The average molecular weight is 217 g/mol. The summed E-state index contributed by atoms with van der Waals surface area (Å²) in [5.41, 5.74) is 2.80. The van der Waals surface area contributed by atoms with Crippen LogP contribution in [0, 0.1) is 5.92 Å². The average Bonchev–Trinajstić information content (AvgIpc) is 2.26. The molecule has 0 heterocycles. The lowest BCUT2D eigenvalue weighted by Gasteiger charge is -2.30. The summed E-state index contributed by atoms with van der Waals surface area (Å²) >= 11 is 0. The topological polar surface area (TPSA) is 29.1 Å². The fraction of sp³-hybridized carbons (Fsp3) is 0.500. The van der Waals surface area contributed by atoms with Crippen molar-refractivity contribution in [3.8, 4) is 0 Å². The highest BCUT2D eigenvalue weighted by Crippen LogP contribution is 2.37. The summed E-state index contributed by atoms with van der Waals surface area (Å²) in [6.07, 6.45) is 1.79. The molecule has 0 bridgehead atoms. The van der Waals surface area contributed by atoms with Crippen molar-refractivity contribution in [2.24, 2.45) is 5.92 Å². The summed E-state index contributed by atoms with van der Waals surface area (Å²) in [6, 6.07) is 8.44. The molecule has 1 aromatic rings. The molecule has 2 heteroatoms. The minimum Gasteiger partial charge on any atom is -0.319 e. The number of ketones is 1. The largest absolute Gasteiger partial charge is 0.319 e. The van der Waals surface area contributed by atoms with Crippen LogP contribution >= 0.6 is 0 Å². The van der Waals surface area contributed by atoms with Crippen molar-refractivity contribution in [2.45, 2.75) is 25.7 Å². The van der Waals surface area contributed by atoms with E-state index in [4.69, 9.17) is 0 Å². The Balaban J connectivity index is 1.92. The maximum absolute atomic E-state index is 11.9. The molecule has 2 nitrogen and oxygen atoms in total. The Morgan fingerprint density at radius 1 is 1.50 bits per heavy atom. The van der Waals surface area contributed by atoms with Crippen LogP contribution in [0.25, 0.3) is 0 Å². The zero-order valence-corrected chi connectivity index (χ0v) is 9.99. The number of carbonyl (C=O) groups is 1. The fourth-order valence-electron chi connectivity index (χ4n) is 2.41. The summed E-state index contributed by atoms with van der Waals surface area (Å²) in [5.74, 6) is 0.995. The van der Waals surface area contributed by atoms with Gasteiger partial charge >= 0.3 is 0 Å². The minimum atomic E-state index is 0.137. The van der Waals surface area contributed by atoms with Gasteiger partial charge in [0.2, 0.25) is 0 Å². The van der Waals surface area contributed by atoms with Gasteiger partial charge in [0.25, 0.3) is 0 Å². The standard InChI is InChI=1S/C14H19NO/c1-10(9-15-2)14(16)8-12-7-11-5-3-4-6-13(11)12/h3-6,10,12,15H,7-9H2,1-2H3. The third-order valence-electron chi connectivity index (χ3n) is 3.47. The molecular weight excluding hydrogens is 198 g/mol. The normalized spacial score (nSPS) is 19.8. The van der Waals surface area contributed by atoms with Gasteiger partial charge in [0.15, 0.2) is 0 Å². The van der Waals surface area contributed by atoms with Crippen LogP contribution in [0.4, 0.5) is 0 Å². The van der Waals surface area contributed by atoms with Crippen LogP contribution < -0.4 is 5.32 Å². The maximum atomic E-state index is 11.9. The Bertz CT molecular complexity index is 386. The van der Waals surface area contributed by atoms with E-state index in [9.17, 15) is 4.79 Å². The molecule has 86 valence electrons. The van der Waals surface area contributed by atoms with Crippen LogP contribution in [0.1, 0.15) is 30.4 Å². The van der Waals surface area contributed by atoms with E-state index in [-0.39, 0.29) is 5.92 Å². The van der Waals surface area contributed by atoms with Crippen molar-refractivity contribution < 1.29 is 4.79 Å². The molecular formula is C14H19NO. The van der Waals surface area contributed by atoms with Gasteiger partial charge in [0.1, 0.15) is 5.78 Å². The van der Waals surface area contributed by atoms with E-state index in [1.807, 2.05) is 14.0 Å².